The fourth-order valence-corrected chi connectivity index (χ4v) is 1.79. The van der Waals surface area contributed by atoms with E-state index in [9.17, 15) is 4.39 Å². The van der Waals surface area contributed by atoms with Gasteiger partial charge in [0.25, 0.3) is 0 Å². The average Bonchev–Trinajstić information content (AvgIpc) is 2.16. The molecule has 0 saturated carbocycles. The first-order valence-electron chi connectivity index (χ1n) is 4.60. The number of alkyl halides is 1. The fourth-order valence-electron chi connectivity index (χ4n) is 1.47. The molecule has 0 bridgehead atoms. The summed E-state index contributed by atoms with van der Waals surface area (Å²) >= 11 is 5.79. The molecule has 0 aliphatic carbocycles. The summed E-state index contributed by atoms with van der Waals surface area (Å²) in [6.07, 6.45) is 1.98. The number of halogens is 2. The molecular formula is C11H14ClF. The summed E-state index contributed by atoms with van der Waals surface area (Å²) in [6, 6.07) is 6.87. The normalized spacial score (nSPS) is 12.8. The highest BCUT2D eigenvalue weighted by Crippen LogP contribution is 2.24. The minimum absolute atomic E-state index is 0.137. The first-order valence-corrected chi connectivity index (χ1v) is 5.13. The van der Waals surface area contributed by atoms with Crippen molar-refractivity contribution in [2.45, 2.75) is 25.7 Å². The smallest absolute Gasteiger partial charge is 0.126 e. The lowest BCUT2D eigenvalue weighted by Gasteiger charge is -2.13. The maximum Gasteiger partial charge on any atom is 0.126 e. The zero-order valence-electron chi connectivity index (χ0n) is 7.76. The largest absolute Gasteiger partial charge is 0.207 e. The molecule has 1 rings (SSSR count). The third-order valence-electron chi connectivity index (χ3n) is 2.17. The van der Waals surface area contributed by atoms with Crippen LogP contribution in [-0.2, 0) is 0 Å². The molecule has 0 N–H and O–H groups in total. The topological polar surface area (TPSA) is 0 Å². The second-order valence-electron chi connectivity index (χ2n) is 3.16. The summed E-state index contributed by atoms with van der Waals surface area (Å²) in [6.45, 7) is 2.08. The van der Waals surface area contributed by atoms with Gasteiger partial charge < -0.3 is 0 Å². The van der Waals surface area contributed by atoms with Gasteiger partial charge in [0.05, 0.1) is 0 Å². The molecule has 0 aliphatic rings. The summed E-state index contributed by atoms with van der Waals surface area (Å²) < 4.78 is 13.3. The Morgan fingerprint density at radius 2 is 2.08 bits per heavy atom. The van der Waals surface area contributed by atoms with E-state index in [-0.39, 0.29) is 11.7 Å². The summed E-state index contributed by atoms with van der Waals surface area (Å²) in [5.41, 5.74) is 0.749. The number of rotatable bonds is 4. The molecule has 13 heavy (non-hydrogen) atoms. The van der Waals surface area contributed by atoms with Gasteiger partial charge in [0.15, 0.2) is 0 Å². The third kappa shape index (κ3) is 2.70. The van der Waals surface area contributed by atoms with Crippen molar-refractivity contribution in [1.29, 1.82) is 0 Å². The highest BCUT2D eigenvalue weighted by atomic mass is 35.5. The molecule has 0 amide bonds. The average molecular weight is 201 g/mol. The van der Waals surface area contributed by atoms with Crippen molar-refractivity contribution in [1.82, 2.24) is 0 Å². The van der Waals surface area contributed by atoms with Crippen LogP contribution in [0, 0.1) is 5.82 Å². The monoisotopic (exact) mass is 200 g/mol. The van der Waals surface area contributed by atoms with E-state index >= 15 is 0 Å². The van der Waals surface area contributed by atoms with Crippen LogP contribution in [0.2, 0.25) is 0 Å². The second-order valence-corrected chi connectivity index (χ2v) is 3.47. The predicted octanol–water partition coefficient (Wildman–Crippen LogP) is 3.95. The van der Waals surface area contributed by atoms with Crippen molar-refractivity contribution in [2.24, 2.45) is 0 Å². The Hall–Kier alpha value is -0.560. The molecule has 0 aliphatic heterocycles. The van der Waals surface area contributed by atoms with Gasteiger partial charge in [-0.3, -0.25) is 0 Å². The van der Waals surface area contributed by atoms with Crippen LogP contribution in [0.4, 0.5) is 4.39 Å². The molecule has 0 radical (unpaired) electrons. The first-order chi connectivity index (χ1) is 6.29. The van der Waals surface area contributed by atoms with Gasteiger partial charge in [-0.2, -0.15) is 0 Å². The van der Waals surface area contributed by atoms with E-state index in [0.29, 0.717) is 5.88 Å². The van der Waals surface area contributed by atoms with Crippen molar-refractivity contribution >= 4 is 11.6 Å². The lowest BCUT2D eigenvalue weighted by atomic mass is 9.96. The standard InChI is InChI=1S/C11H14ClF/c1-2-5-9(8-12)10-6-3-4-7-11(10)13/h3-4,6-7,9H,2,5,8H2,1H3. The molecule has 0 saturated heterocycles. The molecule has 0 aromatic heterocycles. The van der Waals surface area contributed by atoms with Crippen LogP contribution in [0.5, 0.6) is 0 Å². The first kappa shape index (κ1) is 10.5. The van der Waals surface area contributed by atoms with Gasteiger partial charge in [-0.25, -0.2) is 4.39 Å². The van der Waals surface area contributed by atoms with Gasteiger partial charge >= 0.3 is 0 Å². The third-order valence-corrected chi connectivity index (χ3v) is 2.54. The quantitative estimate of drug-likeness (QED) is 0.646. The Balaban J connectivity index is 2.84. The van der Waals surface area contributed by atoms with Crippen molar-refractivity contribution in [2.75, 3.05) is 5.88 Å². The highest BCUT2D eigenvalue weighted by molar-refractivity contribution is 6.18. The van der Waals surface area contributed by atoms with Gasteiger partial charge in [0.2, 0.25) is 0 Å². The van der Waals surface area contributed by atoms with Crippen LogP contribution in [0.15, 0.2) is 24.3 Å². The molecule has 0 heterocycles. The molecule has 72 valence electrons. The Labute approximate surface area is 83.7 Å². The minimum Gasteiger partial charge on any atom is -0.207 e. The summed E-state index contributed by atoms with van der Waals surface area (Å²) in [4.78, 5) is 0. The Morgan fingerprint density at radius 3 is 2.62 bits per heavy atom. The Kier molecular flexibility index (Phi) is 4.23. The summed E-state index contributed by atoms with van der Waals surface area (Å²) in [5, 5.41) is 0. The molecular weight excluding hydrogens is 187 g/mol. The molecule has 2 heteroatoms. The predicted molar refractivity (Wildman–Crippen MR) is 54.8 cm³/mol. The van der Waals surface area contributed by atoms with Gasteiger partial charge in [-0.1, -0.05) is 31.5 Å². The summed E-state index contributed by atoms with van der Waals surface area (Å²) in [5.74, 6) is 0.517. The Morgan fingerprint density at radius 1 is 1.38 bits per heavy atom. The molecule has 1 aromatic rings. The lowest BCUT2D eigenvalue weighted by Crippen LogP contribution is -2.02. The van der Waals surface area contributed by atoms with Gasteiger partial charge in [0.1, 0.15) is 5.82 Å². The Bertz CT molecular complexity index is 260. The van der Waals surface area contributed by atoms with Gasteiger partial charge in [0, 0.05) is 11.8 Å². The lowest BCUT2D eigenvalue weighted by molar-refractivity contribution is 0.573. The SMILES string of the molecule is CCCC(CCl)c1ccccc1F. The van der Waals surface area contributed by atoms with Crippen molar-refractivity contribution < 1.29 is 4.39 Å². The molecule has 0 nitrogen and oxygen atoms in total. The molecule has 1 atom stereocenters. The van der Waals surface area contributed by atoms with Crippen molar-refractivity contribution in [3.05, 3.63) is 35.6 Å². The van der Waals surface area contributed by atoms with Crippen LogP contribution in [0.3, 0.4) is 0 Å². The van der Waals surface area contributed by atoms with Crippen LogP contribution in [0.25, 0.3) is 0 Å². The van der Waals surface area contributed by atoms with E-state index in [2.05, 4.69) is 6.92 Å². The van der Waals surface area contributed by atoms with E-state index in [1.165, 1.54) is 6.07 Å². The fraction of sp³-hybridized carbons (Fsp3) is 0.455. The molecule has 1 unspecified atom stereocenters. The second kappa shape index (κ2) is 5.23. The molecule has 0 fully saturated rings. The number of hydrogen-bond donors (Lipinski definition) is 0. The van der Waals surface area contributed by atoms with Crippen LogP contribution in [-0.4, -0.2) is 5.88 Å². The van der Waals surface area contributed by atoms with E-state index in [0.717, 1.165) is 18.4 Å². The maximum absolute atomic E-state index is 13.3. The number of hydrogen-bond acceptors (Lipinski definition) is 0. The van der Waals surface area contributed by atoms with E-state index in [1.54, 1.807) is 6.07 Å². The van der Waals surface area contributed by atoms with Gasteiger partial charge in [-0.15, -0.1) is 11.6 Å². The van der Waals surface area contributed by atoms with Crippen molar-refractivity contribution in [3.63, 3.8) is 0 Å². The van der Waals surface area contributed by atoms with Crippen LogP contribution in [0.1, 0.15) is 31.2 Å². The van der Waals surface area contributed by atoms with Crippen molar-refractivity contribution in [3.8, 4) is 0 Å². The number of benzene rings is 1. The van der Waals surface area contributed by atoms with Crippen LogP contribution < -0.4 is 0 Å². The maximum atomic E-state index is 13.3. The minimum atomic E-state index is -0.137. The van der Waals surface area contributed by atoms with E-state index in [1.807, 2.05) is 12.1 Å². The van der Waals surface area contributed by atoms with E-state index < -0.39 is 0 Å². The summed E-state index contributed by atoms with van der Waals surface area (Å²) in [7, 11) is 0. The van der Waals surface area contributed by atoms with Gasteiger partial charge in [-0.05, 0) is 18.1 Å². The van der Waals surface area contributed by atoms with E-state index in [4.69, 9.17) is 11.6 Å². The van der Waals surface area contributed by atoms with Crippen LogP contribution >= 0.6 is 11.6 Å². The highest BCUT2D eigenvalue weighted by Gasteiger charge is 2.12. The molecule has 0 spiro atoms. The zero-order valence-corrected chi connectivity index (χ0v) is 8.52. The molecule has 1 aromatic carbocycles. The zero-order chi connectivity index (χ0) is 9.68.